The molecule has 0 bridgehead atoms. The number of carboxylic acids is 1. The Bertz CT molecular complexity index is 1220. The summed E-state index contributed by atoms with van der Waals surface area (Å²) in [6.07, 6.45) is 3.08. The van der Waals surface area contributed by atoms with Crippen LogP contribution in [0.3, 0.4) is 0 Å². The van der Waals surface area contributed by atoms with Crippen LogP contribution in [0.1, 0.15) is 41.9 Å². The quantitative estimate of drug-likeness (QED) is 0.392. The maximum atomic E-state index is 12.7. The van der Waals surface area contributed by atoms with Crippen LogP contribution in [-0.4, -0.2) is 61.0 Å². The number of carbonyl (C=O) groups excluding carboxylic acids is 1. The Kier molecular flexibility index (Phi) is 8.24. The number of carboxylic acid groups (broad SMARTS) is 1. The summed E-state index contributed by atoms with van der Waals surface area (Å²) in [6, 6.07) is 22.4. The molecular weight excluding hydrogens is 480 g/mol. The number of carbonyl (C=O) groups is 2. The number of alkyl carbamates (subject to hydrolysis) is 1. The largest absolute Gasteiger partial charge is 0.492 e. The van der Waals surface area contributed by atoms with Gasteiger partial charge in [-0.3, -0.25) is 4.90 Å². The molecule has 2 N–H and O–H groups in total. The smallest absolute Gasteiger partial charge is 0.407 e. The number of amides is 1. The topological polar surface area (TPSA) is 88.1 Å². The van der Waals surface area contributed by atoms with Crippen molar-refractivity contribution >= 4 is 12.1 Å². The number of nitrogens with one attached hydrogen (secondary N) is 1. The predicted octanol–water partition coefficient (Wildman–Crippen LogP) is 5.09. The standard InChI is InChI=1S/C31H34N2O5/c34-30(35)28(20-22-10-2-7-15-29(22)37-19-18-33-16-8-1-9-17-33)32-31(36)38-21-27-25-13-5-3-11-23(25)24-12-4-6-14-26(24)27/h2-7,10-15,27-28H,1,8-9,16-21H2,(H,32,36)(H,34,35). The molecule has 0 aromatic heterocycles. The van der Waals surface area contributed by atoms with E-state index in [4.69, 9.17) is 9.47 Å². The molecule has 3 aromatic rings. The fourth-order valence-corrected chi connectivity index (χ4v) is 5.48. The molecule has 1 atom stereocenters. The fraction of sp³-hybridized carbons (Fsp3) is 0.355. The Morgan fingerprint density at radius 3 is 2.21 bits per heavy atom. The van der Waals surface area contributed by atoms with Crippen LogP contribution in [0.15, 0.2) is 72.8 Å². The molecule has 2 aliphatic rings. The summed E-state index contributed by atoms with van der Waals surface area (Å²) >= 11 is 0. The second-order valence-corrected chi connectivity index (χ2v) is 9.92. The monoisotopic (exact) mass is 514 g/mol. The molecular formula is C31H34N2O5. The van der Waals surface area contributed by atoms with Crippen LogP contribution < -0.4 is 10.1 Å². The fourth-order valence-electron chi connectivity index (χ4n) is 5.48. The van der Waals surface area contributed by atoms with E-state index >= 15 is 0 Å². The number of hydrogen-bond acceptors (Lipinski definition) is 5. The first kappa shape index (κ1) is 25.8. The summed E-state index contributed by atoms with van der Waals surface area (Å²) in [5.74, 6) is -0.572. The van der Waals surface area contributed by atoms with E-state index in [0.717, 1.165) is 47.5 Å². The summed E-state index contributed by atoms with van der Waals surface area (Å²) in [4.78, 5) is 27.2. The van der Waals surface area contributed by atoms with Crippen molar-refractivity contribution in [2.75, 3.05) is 32.8 Å². The molecule has 38 heavy (non-hydrogen) atoms. The average Bonchev–Trinajstić information content (AvgIpc) is 3.26. The van der Waals surface area contributed by atoms with E-state index in [2.05, 4.69) is 22.3 Å². The van der Waals surface area contributed by atoms with Gasteiger partial charge in [-0.1, -0.05) is 73.2 Å². The normalized spacial score (nSPS) is 15.8. The summed E-state index contributed by atoms with van der Waals surface area (Å²) in [5.41, 5.74) is 5.21. The highest BCUT2D eigenvalue weighted by molar-refractivity contribution is 5.81. The van der Waals surface area contributed by atoms with Crippen molar-refractivity contribution in [3.8, 4) is 16.9 Å². The molecule has 1 saturated heterocycles. The van der Waals surface area contributed by atoms with Gasteiger partial charge in [0, 0.05) is 18.9 Å². The zero-order valence-electron chi connectivity index (χ0n) is 21.5. The van der Waals surface area contributed by atoms with Crippen molar-refractivity contribution in [3.63, 3.8) is 0 Å². The number of piperidine rings is 1. The van der Waals surface area contributed by atoms with Crippen LogP contribution in [0.5, 0.6) is 5.75 Å². The average molecular weight is 515 g/mol. The third-order valence-electron chi connectivity index (χ3n) is 7.44. The van der Waals surface area contributed by atoms with Gasteiger partial charge >= 0.3 is 12.1 Å². The number of benzene rings is 3. The third-order valence-corrected chi connectivity index (χ3v) is 7.44. The van der Waals surface area contributed by atoms with Crippen LogP contribution in [0, 0.1) is 0 Å². The summed E-state index contributed by atoms with van der Waals surface area (Å²) in [5, 5.41) is 12.4. The molecule has 1 aliphatic heterocycles. The molecule has 7 nitrogen and oxygen atoms in total. The molecule has 0 radical (unpaired) electrons. The Morgan fingerprint density at radius 1 is 0.895 bits per heavy atom. The Morgan fingerprint density at radius 2 is 1.53 bits per heavy atom. The van der Waals surface area contributed by atoms with E-state index in [1.54, 1.807) is 0 Å². The van der Waals surface area contributed by atoms with Gasteiger partial charge < -0.3 is 19.9 Å². The van der Waals surface area contributed by atoms with E-state index < -0.39 is 18.1 Å². The lowest BCUT2D eigenvalue weighted by Crippen LogP contribution is -2.43. The molecule has 198 valence electrons. The van der Waals surface area contributed by atoms with Crippen molar-refractivity contribution in [2.24, 2.45) is 0 Å². The molecule has 0 saturated carbocycles. The van der Waals surface area contributed by atoms with Crippen molar-refractivity contribution < 1.29 is 24.2 Å². The number of rotatable bonds is 10. The van der Waals surface area contributed by atoms with Crippen molar-refractivity contribution in [1.29, 1.82) is 0 Å². The van der Waals surface area contributed by atoms with Crippen LogP contribution in [0.25, 0.3) is 11.1 Å². The summed E-state index contributed by atoms with van der Waals surface area (Å²) in [7, 11) is 0. The molecule has 3 aromatic carbocycles. The Labute approximate surface area is 223 Å². The first-order valence-corrected chi connectivity index (χ1v) is 13.4. The van der Waals surface area contributed by atoms with Crippen LogP contribution in [0.4, 0.5) is 4.79 Å². The van der Waals surface area contributed by atoms with Crippen LogP contribution >= 0.6 is 0 Å². The van der Waals surface area contributed by atoms with Crippen molar-refractivity contribution in [1.82, 2.24) is 10.2 Å². The molecule has 5 rings (SSSR count). The van der Waals surface area contributed by atoms with Gasteiger partial charge in [0.05, 0.1) is 0 Å². The highest BCUT2D eigenvalue weighted by Gasteiger charge is 2.30. The zero-order valence-corrected chi connectivity index (χ0v) is 21.5. The number of likely N-dealkylation sites (tertiary alicyclic amines) is 1. The van der Waals surface area contributed by atoms with Gasteiger partial charge in [-0.15, -0.1) is 0 Å². The number of aliphatic carboxylic acids is 1. The van der Waals surface area contributed by atoms with E-state index in [0.29, 0.717) is 12.4 Å². The second kappa shape index (κ2) is 12.1. The number of nitrogens with zero attached hydrogens (tertiary/aromatic N) is 1. The van der Waals surface area contributed by atoms with Crippen molar-refractivity contribution in [2.45, 2.75) is 37.6 Å². The minimum atomic E-state index is -1.14. The van der Waals surface area contributed by atoms with E-state index in [-0.39, 0.29) is 18.9 Å². The van der Waals surface area contributed by atoms with Gasteiger partial charge in [0.1, 0.15) is 25.0 Å². The maximum absolute atomic E-state index is 12.7. The highest BCUT2D eigenvalue weighted by atomic mass is 16.5. The minimum absolute atomic E-state index is 0.0922. The number of fused-ring (bicyclic) bond motifs is 3. The summed E-state index contributed by atoms with van der Waals surface area (Å²) in [6.45, 7) is 3.69. The van der Waals surface area contributed by atoms with Gasteiger partial charge in [-0.2, -0.15) is 0 Å². The molecule has 1 aliphatic carbocycles. The number of hydrogen-bond donors (Lipinski definition) is 2. The van der Waals surface area contributed by atoms with Gasteiger partial charge in [-0.05, 0) is 59.8 Å². The lowest BCUT2D eigenvalue weighted by molar-refractivity contribution is -0.139. The van der Waals surface area contributed by atoms with E-state index in [1.807, 2.05) is 60.7 Å². The summed E-state index contributed by atoms with van der Waals surface area (Å²) < 4.78 is 11.6. The Balaban J connectivity index is 1.18. The van der Waals surface area contributed by atoms with Crippen molar-refractivity contribution in [3.05, 3.63) is 89.5 Å². The van der Waals surface area contributed by atoms with Gasteiger partial charge in [0.25, 0.3) is 0 Å². The van der Waals surface area contributed by atoms with Gasteiger partial charge in [-0.25, -0.2) is 9.59 Å². The van der Waals surface area contributed by atoms with E-state index in [9.17, 15) is 14.7 Å². The Hall–Kier alpha value is -3.84. The molecule has 1 unspecified atom stereocenters. The predicted molar refractivity (Wildman–Crippen MR) is 146 cm³/mol. The molecule has 7 heteroatoms. The lowest BCUT2D eigenvalue weighted by atomic mass is 9.98. The van der Waals surface area contributed by atoms with Gasteiger partial charge in [0.15, 0.2) is 0 Å². The first-order chi connectivity index (χ1) is 18.6. The second-order valence-electron chi connectivity index (χ2n) is 9.92. The zero-order chi connectivity index (χ0) is 26.3. The number of ether oxygens (including phenoxy) is 2. The number of para-hydroxylation sites is 1. The first-order valence-electron chi connectivity index (χ1n) is 13.4. The van der Waals surface area contributed by atoms with E-state index in [1.165, 1.54) is 19.3 Å². The van der Waals surface area contributed by atoms with Gasteiger partial charge in [0.2, 0.25) is 0 Å². The van der Waals surface area contributed by atoms with Crippen LogP contribution in [0.2, 0.25) is 0 Å². The molecule has 1 heterocycles. The van der Waals surface area contributed by atoms with Crippen LogP contribution in [-0.2, 0) is 16.0 Å². The lowest BCUT2D eigenvalue weighted by Gasteiger charge is -2.26. The maximum Gasteiger partial charge on any atom is 0.407 e. The SMILES string of the molecule is O=C(NC(Cc1ccccc1OCCN1CCCCC1)C(=O)O)OCC1c2ccccc2-c2ccccc21. The molecule has 1 amide bonds. The molecule has 1 fully saturated rings. The molecule has 0 spiro atoms. The minimum Gasteiger partial charge on any atom is -0.492 e. The third kappa shape index (κ3) is 6.00. The highest BCUT2D eigenvalue weighted by Crippen LogP contribution is 2.44.